The number of amides is 1. The highest BCUT2D eigenvalue weighted by Gasteiger charge is 2.15. The van der Waals surface area contributed by atoms with E-state index in [2.05, 4.69) is 5.10 Å². The molecule has 0 fully saturated rings. The second-order valence-electron chi connectivity index (χ2n) is 4.53. The Bertz CT molecular complexity index is 521. The van der Waals surface area contributed by atoms with Crippen molar-refractivity contribution in [2.24, 2.45) is 0 Å². The van der Waals surface area contributed by atoms with E-state index < -0.39 is 0 Å². The van der Waals surface area contributed by atoms with Crippen molar-refractivity contribution < 1.29 is 4.79 Å². The van der Waals surface area contributed by atoms with Crippen LogP contribution in [0.3, 0.4) is 0 Å². The van der Waals surface area contributed by atoms with E-state index >= 15 is 0 Å². The molecule has 1 aromatic carbocycles. The highest BCUT2D eigenvalue weighted by molar-refractivity contribution is 5.48. The standard InChI is InChI=1S/C15H19N3O/c1-3-18-10-9-15(16-18)11-17(12-19)13(2)14-7-5-4-6-8-14/h4-10,12-13H,3,11H2,1-2H3. The predicted molar refractivity (Wildman–Crippen MR) is 74.4 cm³/mol. The lowest BCUT2D eigenvalue weighted by Gasteiger charge is -2.24. The molecular weight excluding hydrogens is 238 g/mol. The van der Waals surface area contributed by atoms with Crippen molar-refractivity contribution in [2.75, 3.05) is 0 Å². The molecule has 4 nitrogen and oxygen atoms in total. The number of benzene rings is 1. The van der Waals surface area contributed by atoms with Gasteiger partial charge in [0.2, 0.25) is 6.41 Å². The lowest BCUT2D eigenvalue weighted by atomic mass is 10.1. The Kier molecular flexibility index (Phi) is 4.34. The quantitative estimate of drug-likeness (QED) is 0.746. The summed E-state index contributed by atoms with van der Waals surface area (Å²) in [7, 11) is 0. The van der Waals surface area contributed by atoms with Crippen LogP contribution in [0.15, 0.2) is 42.6 Å². The van der Waals surface area contributed by atoms with Gasteiger partial charge in [-0.05, 0) is 25.5 Å². The van der Waals surface area contributed by atoms with Gasteiger partial charge < -0.3 is 4.90 Å². The first-order chi connectivity index (χ1) is 9.24. The fourth-order valence-electron chi connectivity index (χ4n) is 2.04. The number of nitrogens with zero attached hydrogens (tertiary/aromatic N) is 3. The van der Waals surface area contributed by atoms with Crippen molar-refractivity contribution in [3.63, 3.8) is 0 Å². The first kappa shape index (κ1) is 13.3. The minimum atomic E-state index is 0.0467. The Labute approximate surface area is 113 Å². The summed E-state index contributed by atoms with van der Waals surface area (Å²) in [6.07, 6.45) is 2.83. The van der Waals surface area contributed by atoms with Gasteiger partial charge in [-0.25, -0.2) is 0 Å². The molecule has 0 radical (unpaired) electrons. The minimum absolute atomic E-state index is 0.0467. The summed E-state index contributed by atoms with van der Waals surface area (Å²) in [5.41, 5.74) is 2.04. The maximum absolute atomic E-state index is 11.3. The molecule has 0 saturated heterocycles. The second kappa shape index (κ2) is 6.18. The zero-order valence-corrected chi connectivity index (χ0v) is 11.4. The van der Waals surface area contributed by atoms with Crippen LogP contribution in [0.4, 0.5) is 0 Å². The first-order valence-corrected chi connectivity index (χ1v) is 6.53. The fourth-order valence-corrected chi connectivity index (χ4v) is 2.04. The van der Waals surface area contributed by atoms with E-state index in [9.17, 15) is 4.79 Å². The number of hydrogen-bond acceptors (Lipinski definition) is 2. The van der Waals surface area contributed by atoms with Crippen molar-refractivity contribution in [3.8, 4) is 0 Å². The summed E-state index contributed by atoms with van der Waals surface area (Å²) in [5, 5.41) is 4.41. The smallest absolute Gasteiger partial charge is 0.210 e. The SMILES string of the molecule is CCn1ccc(CN(C=O)C(C)c2ccccc2)n1. The summed E-state index contributed by atoms with van der Waals surface area (Å²) in [6.45, 7) is 5.45. The van der Waals surface area contributed by atoms with Gasteiger partial charge >= 0.3 is 0 Å². The number of rotatable bonds is 6. The third-order valence-corrected chi connectivity index (χ3v) is 3.28. The number of hydrogen-bond donors (Lipinski definition) is 0. The maximum Gasteiger partial charge on any atom is 0.210 e. The van der Waals surface area contributed by atoms with Gasteiger partial charge in [0, 0.05) is 12.7 Å². The highest BCUT2D eigenvalue weighted by atomic mass is 16.1. The molecule has 1 atom stereocenters. The van der Waals surface area contributed by atoms with Crippen molar-refractivity contribution in [3.05, 3.63) is 53.9 Å². The second-order valence-corrected chi connectivity index (χ2v) is 4.53. The molecule has 2 rings (SSSR count). The molecule has 1 unspecified atom stereocenters. The molecule has 0 bridgehead atoms. The van der Waals surface area contributed by atoms with E-state index in [1.165, 1.54) is 0 Å². The number of carbonyl (C=O) groups is 1. The summed E-state index contributed by atoms with van der Waals surface area (Å²) in [5.74, 6) is 0. The van der Waals surface area contributed by atoms with Gasteiger partial charge in [-0.2, -0.15) is 5.10 Å². The van der Waals surface area contributed by atoms with Gasteiger partial charge in [0.15, 0.2) is 0 Å². The van der Waals surface area contributed by atoms with Gasteiger partial charge in [-0.3, -0.25) is 9.48 Å². The van der Waals surface area contributed by atoms with E-state index in [0.717, 1.165) is 24.2 Å². The molecule has 0 spiro atoms. The van der Waals surface area contributed by atoms with Gasteiger partial charge in [-0.1, -0.05) is 30.3 Å². The average Bonchev–Trinajstić information content (AvgIpc) is 2.92. The van der Waals surface area contributed by atoms with Gasteiger partial charge in [0.25, 0.3) is 0 Å². The van der Waals surface area contributed by atoms with E-state index in [0.29, 0.717) is 6.54 Å². The lowest BCUT2D eigenvalue weighted by Crippen LogP contribution is -2.25. The Hall–Kier alpha value is -2.10. The van der Waals surface area contributed by atoms with Crippen LogP contribution in [-0.2, 0) is 17.9 Å². The maximum atomic E-state index is 11.3. The molecule has 2 aromatic rings. The van der Waals surface area contributed by atoms with E-state index in [1.54, 1.807) is 4.90 Å². The third-order valence-electron chi connectivity index (χ3n) is 3.28. The average molecular weight is 257 g/mol. The Morgan fingerprint density at radius 3 is 2.63 bits per heavy atom. The fraction of sp³-hybridized carbons (Fsp3) is 0.333. The minimum Gasteiger partial charge on any atom is -0.333 e. The van der Waals surface area contributed by atoms with Crippen molar-refractivity contribution in [1.29, 1.82) is 0 Å². The predicted octanol–water partition coefficient (Wildman–Crippen LogP) is 2.62. The summed E-state index contributed by atoms with van der Waals surface area (Å²) in [6, 6.07) is 12.0. The summed E-state index contributed by atoms with van der Waals surface area (Å²) >= 11 is 0. The number of aromatic nitrogens is 2. The van der Waals surface area contributed by atoms with E-state index in [4.69, 9.17) is 0 Å². The van der Waals surface area contributed by atoms with E-state index in [-0.39, 0.29) is 6.04 Å². The summed E-state index contributed by atoms with van der Waals surface area (Å²) < 4.78 is 1.87. The van der Waals surface area contributed by atoms with Crippen LogP contribution in [0.25, 0.3) is 0 Å². The molecule has 0 aliphatic rings. The molecule has 1 amide bonds. The first-order valence-electron chi connectivity index (χ1n) is 6.53. The van der Waals surface area contributed by atoms with Crippen LogP contribution in [0, 0.1) is 0 Å². The van der Waals surface area contributed by atoms with Crippen LogP contribution in [0.1, 0.15) is 31.1 Å². The van der Waals surface area contributed by atoms with Crippen LogP contribution in [0.5, 0.6) is 0 Å². The van der Waals surface area contributed by atoms with Crippen LogP contribution >= 0.6 is 0 Å². The third kappa shape index (κ3) is 3.22. The molecule has 0 aliphatic heterocycles. The van der Waals surface area contributed by atoms with Crippen molar-refractivity contribution in [1.82, 2.24) is 14.7 Å². The zero-order valence-electron chi connectivity index (χ0n) is 11.4. The lowest BCUT2D eigenvalue weighted by molar-refractivity contribution is -0.120. The molecule has 0 aliphatic carbocycles. The molecular formula is C15H19N3O. The number of carbonyl (C=O) groups excluding carboxylic acids is 1. The van der Waals surface area contributed by atoms with Gasteiger partial charge in [0.1, 0.15) is 0 Å². The van der Waals surface area contributed by atoms with Crippen molar-refractivity contribution >= 4 is 6.41 Å². The van der Waals surface area contributed by atoms with Gasteiger partial charge in [-0.15, -0.1) is 0 Å². The number of aryl methyl sites for hydroxylation is 1. The van der Waals surface area contributed by atoms with Crippen LogP contribution < -0.4 is 0 Å². The summed E-state index contributed by atoms with van der Waals surface area (Å²) in [4.78, 5) is 13.1. The Morgan fingerprint density at radius 1 is 1.32 bits per heavy atom. The Morgan fingerprint density at radius 2 is 2.05 bits per heavy atom. The van der Waals surface area contributed by atoms with Crippen LogP contribution in [0.2, 0.25) is 0 Å². The topological polar surface area (TPSA) is 38.1 Å². The van der Waals surface area contributed by atoms with Crippen LogP contribution in [-0.4, -0.2) is 21.1 Å². The largest absolute Gasteiger partial charge is 0.333 e. The highest BCUT2D eigenvalue weighted by Crippen LogP contribution is 2.20. The normalized spacial score (nSPS) is 12.1. The van der Waals surface area contributed by atoms with Crippen molar-refractivity contribution in [2.45, 2.75) is 33.0 Å². The van der Waals surface area contributed by atoms with E-state index in [1.807, 2.05) is 61.1 Å². The molecule has 1 aromatic heterocycles. The zero-order chi connectivity index (χ0) is 13.7. The molecule has 4 heteroatoms. The molecule has 0 N–H and O–H groups in total. The monoisotopic (exact) mass is 257 g/mol. The molecule has 19 heavy (non-hydrogen) atoms. The molecule has 1 heterocycles. The van der Waals surface area contributed by atoms with Gasteiger partial charge in [0.05, 0.1) is 18.3 Å². The Balaban J connectivity index is 2.09. The molecule has 0 saturated carbocycles. The molecule has 100 valence electrons.